The number of methoxy groups -OCH3 is 1. The van der Waals surface area contributed by atoms with Crippen LogP contribution in [-0.2, 0) is 24.7 Å². The van der Waals surface area contributed by atoms with Crippen LogP contribution in [0.3, 0.4) is 0 Å². The maximum atomic E-state index is 14.1. The largest absolute Gasteiger partial charge is 0.507 e. The molecular weight excluding hydrogens is 474 g/mol. The Morgan fingerprint density at radius 2 is 1.81 bits per heavy atom. The number of benzene rings is 2. The molecule has 3 heterocycles. The molecule has 2 aromatic carbocycles. The average molecular weight is 506 g/mol. The van der Waals surface area contributed by atoms with Crippen molar-refractivity contribution in [2.24, 2.45) is 0 Å². The molecule has 1 atom stereocenters. The quantitative estimate of drug-likeness (QED) is 0.365. The van der Waals surface area contributed by atoms with E-state index in [-0.39, 0.29) is 17.9 Å². The molecule has 0 bridgehead atoms. The summed E-state index contributed by atoms with van der Waals surface area (Å²) >= 11 is 0. The zero-order valence-electron chi connectivity index (χ0n) is 21.3. The third-order valence-electron chi connectivity index (χ3n) is 7.57. The van der Waals surface area contributed by atoms with E-state index in [0.29, 0.717) is 48.7 Å². The number of hydrogen-bond acceptors (Lipinski definition) is 7. The van der Waals surface area contributed by atoms with E-state index >= 15 is 0 Å². The Morgan fingerprint density at radius 1 is 1.08 bits per heavy atom. The van der Waals surface area contributed by atoms with E-state index in [4.69, 9.17) is 9.47 Å². The van der Waals surface area contributed by atoms with Gasteiger partial charge >= 0.3 is 0 Å². The number of morpholine rings is 1. The Hall–Kier alpha value is -3.69. The second-order valence-corrected chi connectivity index (χ2v) is 9.59. The number of ether oxygens (including phenoxy) is 2. The standard InChI is InChI=1S/C28H31N3O6/c1-18-17-19(9-10-22(18)36-3)24(32)23-25(33)26(34)31(12-6-11-30-13-15-37-16-14-30)28(23)20-7-4-5-8-21(20)29(2)27(28)35/h4-5,7-10,17,32H,6,11-16H2,1-3H3/b24-23-. The number of rotatable bonds is 6. The number of aryl methyl sites for hydroxylation is 1. The lowest BCUT2D eigenvalue weighted by molar-refractivity contribution is -0.143. The van der Waals surface area contributed by atoms with Crippen LogP contribution in [0.2, 0.25) is 0 Å². The first-order valence-electron chi connectivity index (χ1n) is 12.4. The maximum absolute atomic E-state index is 14.1. The fraction of sp³-hybridized carbons (Fsp3) is 0.393. The summed E-state index contributed by atoms with van der Waals surface area (Å²) in [4.78, 5) is 46.2. The van der Waals surface area contributed by atoms with Crippen molar-refractivity contribution >= 4 is 29.0 Å². The summed E-state index contributed by atoms with van der Waals surface area (Å²) in [5, 5.41) is 11.5. The Bertz CT molecular complexity index is 1300. The zero-order valence-corrected chi connectivity index (χ0v) is 21.3. The highest BCUT2D eigenvalue weighted by Gasteiger charge is 2.66. The van der Waals surface area contributed by atoms with Crippen molar-refractivity contribution < 1.29 is 29.0 Å². The third kappa shape index (κ3) is 3.81. The molecule has 2 saturated heterocycles. The van der Waals surface area contributed by atoms with Gasteiger partial charge in [0.2, 0.25) is 0 Å². The van der Waals surface area contributed by atoms with Crippen LogP contribution in [0.5, 0.6) is 5.75 Å². The van der Waals surface area contributed by atoms with Gasteiger partial charge in [0, 0.05) is 50.0 Å². The van der Waals surface area contributed by atoms with Crippen LogP contribution >= 0.6 is 0 Å². The molecule has 0 aliphatic carbocycles. The Labute approximate surface area is 215 Å². The fourth-order valence-electron chi connectivity index (χ4n) is 5.72. The highest BCUT2D eigenvalue weighted by Crippen LogP contribution is 2.53. The minimum Gasteiger partial charge on any atom is -0.507 e. The Balaban J connectivity index is 1.64. The molecule has 9 nitrogen and oxygen atoms in total. The Kier molecular flexibility index (Phi) is 6.51. The van der Waals surface area contributed by atoms with Gasteiger partial charge < -0.3 is 24.4 Å². The van der Waals surface area contributed by atoms with Crippen molar-refractivity contribution in [3.63, 3.8) is 0 Å². The number of hydrogen-bond donors (Lipinski definition) is 1. The number of Topliss-reactive ketones (excluding diaryl/α,β-unsaturated/α-hetero) is 1. The molecule has 3 aliphatic rings. The van der Waals surface area contributed by atoms with E-state index in [1.54, 1.807) is 56.6 Å². The highest BCUT2D eigenvalue weighted by atomic mass is 16.5. The molecule has 37 heavy (non-hydrogen) atoms. The van der Waals surface area contributed by atoms with E-state index in [9.17, 15) is 19.5 Å². The monoisotopic (exact) mass is 505 g/mol. The zero-order chi connectivity index (χ0) is 26.3. The molecule has 3 aliphatic heterocycles. The molecular formula is C28H31N3O6. The number of aliphatic hydroxyl groups excluding tert-OH is 1. The van der Waals surface area contributed by atoms with Crippen molar-refractivity contribution in [2.75, 3.05) is 58.5 Å². The van der Waals surface area contributed by atoms with Crippen LogP contribution in [0.4, 0.5) is 5.69 Å². The van der Waals surface area contributed by atoms with Crippen LogP contribution in [0.1, 0.15) is 23.1 Å². The molecule has 1 unspecified atom stereocenters. The van der Waals surface area contributed by atoms with Crippen LogP contribution in [-0.4, -0.2) is 86.1 Å². The number of ketones is 1. The minimum absolute atomic E-state index is 0.189. The fourth-order valence-corrected chi connectivity index (χ4v) is 5.72. The van der Waals surface area contributed by atoms with Gasteiger partial charge in [0.05, 0.1) is 25.9 Å². The number of para-hydroxylation sites is 1. The molecule has 1 spiro atoms. The van der Waals surface area contributed by atoms with Gasteiger partial charge in [-0.3, -0.25) is 19.3 Å². The van der Waals surface area contributed by atoms with Crippen LogP contribution in [0.25, 0.3) is 5.76 Å². The number of amides is 2. The lowest BCUT2D eigenvalue weighted by Gasteiger charge is -2.35. The molecule has 0 saturated carbocycles. The third-order valence-corrected chi connectivity index (χ3v) is 7.57. The van der Waals surface area contributed by atoms with Gasteiger partial charge in [-0.1, -0.05) is 18.2 Å². The molecule has 9 heteroatoms. The van der Waals surface area contributed by atoms with Crippen LogP contribution < -0.4 is 9.64 Å². The molecule has 0 radical (unpaired) electrons. The van der Waals surface area contributed by atoms with Crippen molar-refractivity contribution in [1.82, 2.24) is 9.80 Å². The number of fused-ring (bicyclic) bond motifs is 2. The number of likely N-dealkylation sites (tertiary alicyclic amines) is 1. The average Bonchev–Trinajstić information content (AvgIpc) is 3.27. The van der Waals surface area contributed by atoms with Crippen molar-refractivity contribution in [2.45, 2.75) is 18.9 Å². The number of nitrogens with zero attached hydrogens (tertiary/aromatic N) is 3. The lowest BCUT2D eigenvalue weighted by atomic mass is 9.81. The van der Waals surface area contributed by atoms with Gasteiger partial charge in [-0.15, -0.1) is 0 Å². The topological polar surface area (TPSA) is 99.6 Å². The van der Waals surface area contributed by atoms with Crippen molar-refractivity contribution in [3.8, 4) is 5.75 Å². The second kappa shape index (κ2) is 9.64. The first-order valence-corrected chi connectivity index (χ1v) is 12.4. The Morgan fingerprint density at radius 3 is 2.51 bits per heavy atom. The molecule has 2 amide bonds. The number of carbonyl (C=O) groups is 3. The summed E-state index contributed by atoms with van der Waals surface area (Å²) < 4.78 is 10.7. The molecule has 194 valence electrons. The van der Waals surface area contributed by atoms with E-state index in [1.807, 2.05) is 6.92 Å². The van der Waals surface area contributed by atoms with E-state index < -0.39 is 23.1 Å². The van der Waals surface area contributed by atoms with E-state index in [0.717, 1.165) is 18.7 Å². The summed E-state index contributed by atoms with van der Waals surface area (Å²) in [6.45, 7) is 5.61. The summed E-state index contributed by atoms with van der Waals surface area (Å²) in [5.74, 6) is -1.84. The number of aliphatic hydroxyl groups is 1. The SMILES string of the molecule is COc1ccc(/C(O)=C2\C(=O)C(=O)N(CCCN3CCOCC3)C23C(=O)N(C)c2ccccc23)cc1C. The van der Waals surface area contributed by atoms with Crippen molar-refractivity contribution in [1.29, 1.82) is 0 Å². The molecule has 2 fully saturated rings. The molecule has 1 N–H and O–H groups in total. The van der Waals surface area contributed by atoms with Gasteiger partial charge in [0.1, 0.15) is 11.5 Å². The van der Waals surface area contributed by atoms with Crippen molar-refractivity contribution in [3.05, 3.63) is 64.7 Å². The van der Waals surface area contributed by atoms with Gasteiger partial charge in [0.25, 0.3) is 17.6 Å². The van der Waals surface area contributed by atoms with Gasteiger partial charge in [0.15, 0.2) is 5.54 Å². The van der Waals surface area contributed by atoms with Crippen LogP contribution in [0, 0.1) is 6.92 Å². The smallest absolute Gasteiger partial charge is 0.296 e. The number of anilines is 1. The van der Waals surface area contributed by atoms with E-state index in [2.05, 4.69) is 4.90 Å². The summed E-state index contributed by atoms with van der Waals surface area (Å²) in [6.07, 6.45) is 0.565. The second-order valence-electron chi connectivity index (χ2n) is 9.59. The molecule has 5 rings (SSSR count). The minimum atomic E-state index is -1.73. The first-order chi connectivity index (χ1) is 17.8. The van der Waals surface area contributed by atoms with Gasteiger partial charge in [-0.05, 0) is 43.2 Å². The molecule has 2 aromatic rings. The summed E-state index contributed by atoms with van der Waals surface area (Å²) in [7, 11) is 3.18. The van der Waals surface area contributed by atoms with Crippen LogP contribution in [0.15, 0.2) is 48.0 Å². The normalized spacial score (nSPS) is 23.3. The summed E-state index contributed by atoms with van der Waals surface area (Å²) in [5.41, 5.74) is 0.265. The van der Waals surface area contributed by atoms with E-state index in [1.165, 1.54) is 9.80 Å². The lowest BCUT2D eigenvalue weighted by Crippen LogP contribution is -2.52. The molecule has 0 aromatic heterocycles. The predicted molar refractivity (Wildman–Crippen MR) is 137 cm³/mol. The van der Waals surface area contributed by atoms with Gasteiger partial charge in [-0.25, -0.2) is 0 Å². The highest BCUT2D eigenvalue weighted by molar-refractivity contribution is 6.50. The predicted octanol–water partition coefficient (Wildman–Crippen LogP) is 2.28. The first kappa shape index (κ1) is 25.0. The maximum Gasteiger partial charge on any atom is 0.296 e. The summed E-state index contributed by atoms with van der Waals surface area (Å²) in [6, 6.07) is 12.1. The number of likely N-dealkylation sites (N-methyl/N-ethyl adjacent to an activating group) is 1. The number of carbonyl (C=O) groups excluding carboxylic acids is 3. The van der Waals surface area contributed by atoms with Gasteiger partial charge in [-0.2, -0.15) is 0 Å².